The molecule has 2 aliphatic rings. The molecule has 1 saturated carbocycles. The number of aliphatic hydroxyl groups is 2. The Morgan fingerprint density at radius 2 is 1.95 bits per heavy atom. The van der Waals surface area contributed by atoms with Crippen molar-refractivity contribution in [3.63, 3.8) is 0 Å². The highest BCUT2D eigenvalue weighted by Crippen LogP contribution is 2.62. The SMILES string of the molecule is CN(C)CCNC(=O)CC1c2nc(NC(=O)c3ccc(F)cc3)sc2CC2C(C)(CO)C(O)CCC12C. The van der Waals surface area contributed by atoms with Crippen molar-refractivity contribution < 1.29 is 24.2 Å². The number of hydrogen-bond acceptors (Lipinski definition) is 7. The Hall–Kier alpha value is -2.40. The molecule has 4 rings (SSSR count). The Balaban J connectivity index is 1.65. The lowest BCUT2D eigenvalue weighted by atomic mass is 9.47. The van der Waals surface area contributed by atoms with Gasteiger partial charge >= 0.3 is 0 Å². The number of anilines is 1. The lowest BCUT2D eigenvalue weighted by Gasteiger charge is -2.58. The molecule has 202 valence electrons. The fraction of sp³-hybridized carbons (Fsp3) is 0.593. The summed E-state index contributed by atoms with van der Waals surface area (Å²) >= 11 is 1.36. The molecule has 0 bridgehead atoms. The van der Waals surface area contributed by atoms with Gasteiger partial charge in [-0.2, -0.15) is 0 Å². The summed E-state index contributed by atoms with van der Waals surface area (Å²) in [6.07, 6.45) is 1.44. The third-order valence-electron chi connectivity index (χ3n) is 8.49. The van der Waals surface area contributed by atoms with Gasteiger partial charge < -0.3 is 20.4 Å². The smallest absolute Gasteiger partial charge is 0.257 e. The number of halogens is 1. The van der Waals surface area contributed by atoms with Crippen molar-refractivity contribution in [3.05, 3.63) is 46.2 Å². The van der Waals surface area contributed by atoms with E-state index in [2.05, 4.69) is 17.6 Å². The minimum atomic E-state index is -0.716. The van der Waals surface area contributed by atoms with Crippen LogP contribution in [0.5, 0.6) is 0 Å². The van der Waals surface area contributed by atoms with Crippen LogP contribution in [0, 0.1) is 22.6 Å². The van der Waals surface area contributed by atoms with Gasteiger partial charge in [0.2, 0.25) is 5.91 Å². The highest BCUT2D eigenvalue weighted by molar-refractivity contribution is 7.15. The molecule has 4 N–H and O–H groups in total. The van der Waals surface area contributed by atoms with Crippen LogP contribution in [0.15, 0.2) is 24.3 Å². The number of nitrogens with zero attached hydrogens (tertiary/aromatic N) is 2. The molecule has 1 heterocycles. The largest absolute Gasteiger partial charge is 0.396 e. The Labute approximate surface area is 221 Å². The Bertz CT molecular complexity index is 1140. The number of amides is 2. The summed E-state index contributed by atoms with van der Waals surface area (Å²) in [5.41, 5.74) is 0.0430. The highest BCUT2D eigenvalue weighted by Gasteiger charge is 2.59. The lowest BCUT2D eigenvalue weighted by Crippen LogP contribution is -2.57. The maximum atomic E-state index is 13.3. The van der Waals surface area contributed by atoms with Crippen LogP contribution in [0.2, 0.25) is 0 Å². The minimum Gasteiger partial charge on any atom is -0.396 e. The van der Waals surface area contributed by atoms with Crippen molar-refractivity contribution in [2.24, 2.45) is 16.7 Å². The van der Waals surface area contributed by atoms with Crippen LogP contribution in [-0.2, 0) is 11.2 Å². The molecule has 0 saturated heterocycles. The molecule has 2 aromatic rings. The molecule has 37 heavy (non-hydrogen) atoms. The summed E-state index contributed by atoms with van der Waals surface area (Å²) in [5, 5.41) is 27.5. The van der Waals surface area contributed by atoms with Crippen molar-refractivity contribution >= 4 is 28.3 Å². The molecule has 0 spiro atoms. The van der Waals surface area contributed by atoms with Crippen molar-refractivity contribution in [3.8, 4) is 0 Å². The number of hydrogen-bond donors (Lipinski definition) is 4. The molecular formula is C27H37FN4O4S. The second-order valence-electron chi connectivity index (χ2n) is 11.2. The molecule has 5 atom stereocenters. The summed E-state index contributed by atoms with van der Waals surface area (Å²) in [6.45, 7) is 5.19. The highest BCUT2D eigenvalue weighted by atomic mass is 32.1. The van der Waals surface area contributed by atoms with Gasteiger partial charge in [0.15, 0.2) is 5.13 Å². The summed E-state index contributed by atoms with van der Waals surface area (Å²) in [7, 11) is 3.90. The molecular weight excluding hydrogens is 495 g/mol. The van der Waals surface area contributed by atoms with E-state index >= 15 is 0 Å². The topological polar surface area (TPSA) is 115 Å². The van der Waals surface area contributed by atoms with E-state index in [0.29, 0.717) is 36.5 Å². The fourth-order valence-electron chi connectivity index (χ4n) is 6.15. The number of thiazole rings is 1. The number of likely N-dealkylation sites (N-methyl/N-ethyl adjacent to an activating group) is 1. The van der Waals surface area contributed by atoms with Gasteiger partial charge in [0.05, 0.1) is 18.4 Å². The Kier molecular flexibility index (Phi) is 8.04. The van der Waals surface area contributed by atoms with Crippen molar-refractivity contribution in [1.82, 2.24) is 15.2 Å². The van der Waals surface area contributed by atoms with E-state index in [-0.39, 0.29) is 42.1 Å². The first-order valence-electron chi connectivity index (χ1n) is 12.7. The van der Waals surface area contributed by atoms with Crippen LogP contribution in [-0.4, -0.2) is 71.8 Å². The summed E-state index contributed by atoms with van der Waals surface area (Å²) in [6, 6.07) is 5.31. The average Bonchev–Trinajstić information content (AvgIpc) is 3.25. The van der Waals surface area contributed by atoms with E-state index < -0.39 is 17.3 Å². The van der Waals surface area contributed by atoms with Crippen molar-refractivity contribution in [1.29, 1.82) is 0 Å². The normalized spacial score (nSPS) is 28.9. The molecule has 0 radical (unpaired) electrons. The molecule has 2 aliphatic carbocycles. The van der Waals surface area contributed by atoms with Crippen LogP contribution < -0.4 is 10.6 Å². The zero-order valence-corrected chi connectivity index (χ0v) is 22.7. The van der Waals surface area contributed by atoms with Gasteiger partial charge in [-0.15, -0.1) is 11.3 Å². The summed E-state index contributed by atoms with van der Waals surface area (Å²) in [5.74, 6) is -1.17. The number of fused-ring (bicyclic) bond motifs is 2. The van der Waals surface area contributed by atoms with Crippen LogP contribution in [0.1, 0.15) is 60.0 Å². The monoisotopic (exact) mass is 532 g/mol. The number of nitrogens with one attached hydrogen (secondary N) is 2. The number of aliphatic hydroxyl groups excluding tert-OH is 2. The van der Waals surface area contributed by atoms with Crippen LogP contribution in [0.3, 0.4) is 0 Å². The molecule has 1 fully saturated rings. The maximum Gasteiger partial charge on any atom is 0.257 e. The van der Waals surface area contributed by atoms with E-state index in [1.54, 1.807) is 0 Å². The molecule has 8 nitrogen and oxygen atoms in total. The van der Waals surface area contributed by atoms with Gasteiger partial charge in [-0.1, -0.05) is 13.8 Å². The standard InChI is InChI=1S/C27H37FN4O4S/c1-26-10-9-21(34)27(2,15-33)20(26)14-19-23(18(26)13-22(35)29-11-12-32(3)4)30-25(37-19)31-24(36)16-5-7-17(28)8-6-16/h5-8,18,20-21,33-34H,9-15H2,1-4H3,(H,29,35)(H,30,31,36). The van der Waals surface area contributed by atoms with Gasteiger partial charge in [-0.25, -0.2) is 9.37 Å². The van der Waals surface area contributed by atoms with Gasteiger partial charge in [0, 0.05) is 41.3 Å². The van der Waals surface area contributed by atoms with E-state index in [1.807, 2.05) is 25.9 Å². The van der Waals surface area contributed by atoms with Crippen LogP contribution in [0.25, 0.3) is 0 Å². The molecule has 5 unspecified atom stereocenters. The zero-order valence-electron chi connectivity index (χ0n) is 21.9. The van der Waals surface area contributed by atoms with Crippen molar-refractivity contribution in [2.75, 3.05) is 39.1 Å². The summed E-state index contributed by atoms with van der Waals surface area (Å²) < 4.78 is 13.3. The predicted octanol–water partition coefficient (Wildman–Crippen LogP) is 3.02. The Morgan fingerprint density at radius 1 is 1.24 bits per heavy atom. The number of carbonyl (C=O) groups is 2. The van der Waals surface area contributed by atoms with Crippen LogP contribution in [0.4, 0.5) is 9.52 Å². The van der Waals surface area contributed by atoms with E-state index in [4.69, 9.17) is 4.98 Å². The molecule has 2 amide bonds. The van der Waals surface area contributed by atoms with E-state index in [1.165, 1.54) is 35.6 Å². The van der Waals surface area contributed by atoms with Gasteiger partial charge in [0.25, 0.3) is 5.91 Å². The second-order valence-corrected chi connectivity index (χ2v) is 12.3. The van der Waals surface area contributed by atoms with Gasteiger partial charge in [-0.05, 0) is 69.0 Å². The lowest BCUT2D eigenvalue weighted by molar-refractivity contribution is -0.144. The van der Waals surface area contributed by atoms with Crippen molar-refractivity contribution in [2.45, 2.75) is 51.6 Å². The first-order valence-corrected chi connectivity index (χ1v) is 13.6. The number of benzene rings is 1. The van der Waals surface area contributed by atoms with Gasteiger partial charge in [-0.3, -0.25) is 14.9 Å². The second kappa shape index (κ2) is 10.8. The summed E-state index contributed by atoms with van der Waals surface area (Å²) in [4.78, 5) is 33.6. The number of rotatable bonds is 8. The molecule has 10 heteroatoms. The van der Waals surface area contributed by atoms with E-state index in [0.717, 1.165) is 17.1 Å². The first-order chi connectivity index (χ1) is 17.5. The molecule has 1 aromatic carbocycles. The first kappa shape index (κ1) is 27.6. The number of carbonyl (C=O) groups excluding carboxylic acids is 2. The molecule has 0 aliphatic heterocycles. The Morgan fingerprint density at radius 3 is 2.59 bits per heavy atom. The van der Waals surface area contributed by atoms with E-state index in [9.17, 15) is 24.2 Å². The number of aromatic nitrogens is 1. The third-order valence-corrected chi connectivity index (χ3v) is 9.50. The average molecular weight is 533 g/mol. The quantitative estimate of drug-likeness (QED) is 0.416. The predicted molar refractivity (Wildman–Crippen MR) is 141 cm³/mol. The third kappa shape index (κ3) is 5.43. The minimum absolute atomic E-state index is 0.0677. The fourth-order valence-corrected chi connectivity index (χ4v) is 7.21. The molecule has 1 aromatic heterocycles. The van der Waals surface area contributed by atoms with Gasteiger partial charge in [0.1, 0.15) is 5.82 Å². The zero-order chi connectivity index (χ0) is 27.0. The maximum absolute atomic E-state index is 13.3. The van der Waals surface area contributed by atoms with Crippen LogP contribution >= 0.6 is 11.3 Å².